The molecule has 0 aromatic carbocycles. The highest BCUT2D eigenvalue weighted by Crippen LogP contribution is 2.26. The van der Waals surface area contributed by atoms with Crippen LogP contribution in [0.2, 0.25) is 58.9 Å². The summed E-state index contributed by atoms with van der Waals surface area (Å²) >= 11 is 0. The van der Waals surface area contributed by atoms with Gasteiger partial charge < -0.3 is 18.0 Å². The Morgan fingerprint density at radius 2 is 0.952 bits per heavy atom. The molecule has 0 aliphatic carbocycles. The van der Waals surface area contributed by atoms with Crippen LogP contribution in [0.3, 0.4) is 0 Å². The van der Waals surface area contributed by atoms with Gasteiger partial charge in [-0.25, -0.2) is 0 Å². The molecule has 4 nitrogen and oxygen atoms in total. The highest BCUT2D eigenvalue weighted by atomic mass is 28.4. The summed E-state index contributed by atoms with van der Waals surface area (Å²) in [6.45, 7) is 21.2. The average Bonchev–Trinajstić information content (AvgIpc) is 2.16. The van der Waals surface area contributed by atoms with E-state index in [4.69, 9.17) is 18.0 Å². The van der Waals surface area contributed by atoms with Crippen molar-refractivity contribution < 1.29 is 18.0 Å². The molecular formula is C14H34O4Si3. The average molecular weight is 351 g/mol. The second-order valence-electron chi connectivity index (χ2n) is 8.77. The van der Waals surface area contributed by atoms with E-state index in [1.54, 1.807) is 0 Å². The van der Waals surface area contributed by atoms with Gasteiger partial charge in [-0.3, -0.25) is 0 Å². The van der Waals surface area contributed by atoms with Gasteiger partial charge in [0, 0.05) is 0 Å². The molecule has 1 saturated heterocycles. The Kier molecular flexibility index (Phi) is 6.46. The van der Waals surface area contributed by atoms with E-state index in [9.17, 15) is 0 Å². The van der Waals surface area contributed by atoms with Crippen molar-refractivity contribution in [2.75, 3.05) is 13.2 Å². The Morgan fingerprint density at radius 1 is 0.619 bits per heavy atom. The molecule has 1 fully saturated rings. The van der Waals surface area contributed by atoms with Gasteiger partial charge in [-0.1, -0.05) is 0 Å². The third-order valence-electron chi connectivity index (χ3n) is 2.80. The zero-order valence-electron chi connectivity index (χ0n) is 15.3. The molecule has 21 heavy (non-hydrogen) atoms. The Balaban J connectivity index is 2.90. The van der Waals surface area contributed by atoms with Gasteiger partial charge in [0.1, 0.15) is 0 Å². The van der Waals surface area contributed by atoms with E-state index in [-0.39, 0.29) is 18.3 Å². The highest BCUT2D eigenvalue weighted by Gasteiger charge is 2.42. The van der Waals surface area contributed by atoms with Gasteiger partial charge in [0.25, 0.3) is 0 Å². The predicted molar refractivity (Wildman–Crippen MR) is 95.5 cm³/mol. The lowest BCUT2D eigenvalue weighted by molar-refractivity contribution is -0.131. The van der Waals surface area contributed by atoms with Crippen LogP contribution in [0, 0.1) is 0 Å². The molecule has 1 rings (SSSR count). The van der Waals surface area contributed by atoms with E-state index in [2.05, 4.69) is 58.9 Å². The monoisotopic (exact) mass is 350 g/mol. The largest absolute Gasteiger partial charge is 0.410 e. The summed E-state index contributed by atoms with van der Waals surface area (Å²) in [6, 6.07) is 0. The fourth-order valence-corrected chi connectivity index (χ4v) is 5.74. The maximum absolute atomic E-state index is 6.45. The van der Waals surface area contributed by atoms with Crippen LogP contribution in [-0.4, -0.2) is 56.5 Å². The van der Waals surface area contributed by atoms with Crippen molar-refractivity contribution in [1.29, 1.82) is 0 Å². The second-order valence-corrected chi connectivity index (χ2v) is 22.2. The smallest absolute Gasteiger partial charge is 0.184 e. The van der Waals surface area contributed by atoms with Crippen molar-refractivity contribution in [3.05, 3.63) is 0 Å². The highest BCUT2D eigenvalue weighted by molar-refractivity contribution is 6.70. The number of hydrogen-bond donors (Lipinski definition) is 0. The molecule has 0 aromatic rings. The minimum Gasteiger partial charge on any atom is -0.410 e. The normalized spacial score (nSPS) is 26.1. The zero-order chi connectivity index (χ0) is 16.5. The summed E-state index contributed by atoms with van der Waals surface area (Å²) < 4.78 is 24.9. The second kappa shape index (κ2) is 6.94. The van der Waals surface area contributed by atoms with Crippen LogP contribution in [0.5, 0.6) is 0 Å². The van der Waals surface area contributed by atoms with Crippen LogP contribution in [-0.2, 0) is 18.0 Å². The lowest BCUT2D eigenvalue weighted by Crippen LogP contribution is -2.58. The van der Waals surface area contributed by atoms with Gasteiger partial charge in [0.05, 0.1) is 31.5 Å². The van der Waals surface area contributed by atoms with Crippen molar-refractivity contribution in [3.63, 3.8) is 0 Å². The lowest BCUT2D eigenvalue weighted by atomic mass is 10.1. The maximum atomic E-state index is 6.45. The minimum atomic E-state index is -1.66. The van der Waals surface area contributed by atoms with Crippen LogP contribution < -0.4 is 0 Å². The first-order valence-electron chi connectivity index (χ1n) is 7.88. The molecule has 126 valence electrons. The predicted octanol–water partition coefficient (Wildman–Crippen LogP) is 3.68. The van der Waals surface area contributed by atoms with Crippen LogP contribution in [0.15, 0.2) is 0 Å². The first kappa shape index (κ1) is 19.5. The summed E-state index contributed by atoms with van der Waals surface area (Å²) in [7, 11) is -4.94. The SMILES string of the molecule is C[Si](C)(C)OC1[C@@H](O[Si](C)(C)C)COC[C@@H]1O[Si](C)(C)C. The third-order valence-corrected chi connectivity index (χ3v) is 5.80. The summed E-state index contributed by atoms with van der Waals surface area (Å²) in [5.41, 5.74) is 0. The standard InChI is InChI=1S/C14H34O4Si3/c1-19(2,3)16-12-10-15-11-13(17-20(4,5)6)14(12)18-21(7,8)9/h12-14H,10-11H2,1-9H3/t12-,13-/m0/s1. The van der Waals surface area contributed by atoms with Crippen molar-refractivity contribution >= 4 is 25.0 Å². The molecule has 0 bridgehead atoms. The van der Waals surface area contributed by atoms with Gasteiger partial charge in [0.15, 0.2) is 25.0 Å². The Bertz CT molecular complexity index is 307. The van der Waals surface area contributed by atoms with E-state index in [1.165, 1.54) is 0 Å². The van der Waals surface area contributed by atoms with Crippen molar-refractivity contribution in [3.8, 4) is 0 Å². The van der Waals surface area contributed by atoms with E-state index < -0.39 is 25.0 Å². The molecule has 1 aliphatic heterocycles. The zero-order valence-corrected chi connectivity index (χ0v) is 18.3. The molecule has 0 unspecified atom stereocenters. The first-order chi connectivity index (χ1) is 9.27. The Morgan fingerprint density at radius 3 is 1.24 bits per heavy atom. The molecule has 0 spiro atoms. The van der Waals surface area contributed by atoms with E-state index >= 15 is 0 Å². The molecule has 0 saturated carbocycles. The maximum Gasteiger partial charge on any atom is 0.184 e. The van der Waals surface area contributed by atoms with Gasteiger partial charge >= 0.3 is 0 Å². The molecular weight excluding hydrogens is 316 g/mol. The van der Waals surface area contributed by atoms with Crippen LogP contribution in [0.4, 0.5) is 0 Å². The van der Waals surface area contributed by atoms with Crippen LogP contribution in [0.1, 0.15) is 0 Å². The molecule has 0 radical (unpaired) electrons. The number of ether oxygens (including phenoxy) is 1. The van der Waals surface area contributed by atoms with Crippen molar-refractivity contribution in [2.45, 2.75) is 77.2 Å². The molecule has 7 heteroatoms. The van der Waals surface area contributed by atoms with Crippen LogP contribution in [0.25, 0.3) is 0 Å². The number of hydrogen-bond acceptors (Lipinski definition) is 4. The topological polar surface area (TPSA) is 36.9 Å². The van der Waals surface area contributed by atoms with Gasteiger partial charge in [-0.05, 0) is 58.9 Å². The van der Waals surface area contributed by atoms with E-state index in [0.717, 1.165) is 0 Å². The fourth-order valence-electron chi connectivity index (χ4n) is 2.40. The van der Waals surface area contributed by atoms with Gasteiger partial charge in [0.2, 0.25) is 0 Å². The quantitative estimate of drug-likeness (QED) is 0.685. The third kappa shape index (κ3) is 8.06. The van der Waals surface area contributed by atoms with Gasteiger partial charge in [-0.15, -0.1) is 0 Å². The number of rotatable bonds is 6. The summed E-state index contributed by atoms with van der Waals surface area (Å²) in [4.78, 5) is 0. The van der Waals surface area contributed by atoms with Gasteiger partial charge in [-0.2, -0.15) is 0 Å². The Labute approximate surface area is 133 Å². The van der Waals surface area contributed by atoms with Crippen molar-refractivity contribution in [2.24, 2.45) is 0 Å². The molecule has 0 amide bonds. The van der Waals surface area contributed by atoms with Crippen molar-refractivity contribution in [1.82, 2.24) is 0 Å². The molecule has 1 heterocycles. The fraction of sp³-hybridized carbons (Fsp3) is 1.00. The summed E-state index contributed by atoms with van der Waals surface area (Å²) in [6.07, 6.45) is 0.000787. The molecule has 0 aromatic heterocycles. The van der Waals surface area contributed by atoms with Crippen LogP contribution >= 0.6 is 0 Å². The molecule has 1 aliphatic rings. The Hall–Kier alpha value is 0.491. The minimum absolute atomic E-state index is 0.00140. The van der Waals surface area contributed by atoms with E-state index in [1.807, 2.05) is 0 Å². The van der Waals surface area contributed by atoms with E-state index in [0.29, 0.717) is 13.2 Å². The molecule has 0 N–H and O–H groups in total. The summed E-state index contributed by atoms with van der Waals surface area (Å²) in [5.74, 6) is 0. The molecule has 2 atom stereocenters. The lowest BCUT2D eigenvalue weighted by Gasteiger charge is -2.44. The summed E-state index contributed by atoms with van der Waals surface area (Å²) in [5, 5.41) is 0. The first-order valence-corrected chi connectivity index (χ1v) is 18.1.